The van der Waals surface area contributed by atoms with Crippen molar-refractivity contribution in [2.75, 3.05) is 6.61 Å². The first-order chi connectivity index (χ1) is 7.86. The van der Waals surface area contributed by atoms with Crippen LogP contribution < -0.4 is 5.32 Å². The number of rotatable bonds is 3. The molecule has 88 valence electrons. The summed E-state index contributed by atoms with van der Waals surface area (Å²) in [5, 5.41) is 7.24. The Kier molecular flexibility index (Phi) is 2.69. The van der Waals surface area contributed by atoms with Gasteiger partial charge in [-0.15, -0.1) is 0 Å². The average molecular weight is 222 g/mol. The van der Waals surface area contributed by atoms with Crippen LogP contribution in [0.3, 0.4) is 0 Å². The highest BCUT2D eigenvalue weighted by Gasteiger charge is 2.42. The van der Waals surface area contributed by atoms with E-state index in [-0.39, 0.29) is 5.60 Å². The van der Waals surface area contributed by atoms with Crippen LogP contribution in [0.2, 0.25) is 0 Å². The van der Waals surface area contributed by atoms with Gasteiger partial charge in [0.15, 0.2) is 0 Å². The first kappa shape index (κ1) is 10.3. The predicted molar refractivity (Wildman–Crippen MR) is 58.9 cm³/mol. The van der Waals surface area contributed by atoms with Crippen molar-refractivity contribution in [3.63, 3.8) is 0 Å². The molecule has 1 aliphatic carbocycles. The van der Waals surface area contributed by atoms with Crippen LogP contribution in [0.5, 0.6) is 0 Å². The van der Waals surface area contributed by atoms with Crippen LogP contribution in [0.25, 0.3) is 0 Å². The number of aromatic nitrogens is 1. The highest BCUT2D eigenvalue weighted by atomic mass is 16.5. The van der Waals surface area contributed by atoms with Crippen LogP contribution in [-0.4, -0.2) is 23.4 Å². The number of nitrogens with zero attached hydrogens (tertiary/aromatic N) is 1. The molecule has 1 N–H and O–H groups in total. The van der Waals surface area contributed by atoms with Gasteiger partial charge in [0.05, 0.1) is 18.3 Å². The zero-order valence-electron chi connectivity index (χ0n) is 9.45. The van der Waals surface area contributed by atoms with Gasteiger partial charge in [-0.25, -0.2) is 0 Å². The lowest BCUT2D eigenvalue weighted by Crippen LogP contribution is -2.50. The Bertz CT molecular complexity index is 333. The summed E-state index contributed by atoms with van der Waals surface area (Å²) >= 11 is 0. The number of hydrogen-bond donors (Lipinski definition) is 1. The van der Waals surface area contributed by atoms with Gasteiger partial charge in [0.1, 0.15) is 5.76 Å². The summed E-state index contributed by atoms with van der Waals surface area (Å²) in [6, 6.07) is 2.48. The van der Waals surface area contributed by atoms with Gasteiger partial charge in [-0.2, -0.15) is 0 Å². The third-order valence-corrected chi connectivity index (χ3v) is 3.81. The van der Waals surface area contributed by atoms with Crippen molar-refractivity contribution in [1.29, 1.82) is 0 Å². The highest BCUT2D eigenvalue weighted by molar-refractivity contribution is 4.98. The molecule has 4 nitrogen and oxygen atoms in total. The number of hydrogen-bond acceptors (Lipinski definition) is 4. The zero-order chi connectivity index (χ0) is 10.8. The standard InChI is InChI=1S/C12H18N2O2/c1-4-12(5-1)8-10(3-7-15-12)13-9-11-2-6-14-16-11/h2,6,10,13H,1,3-5,7-9H2. The molecule has 1 unspecified atom stereocenters. The molecule has 2 heterocycles. The van der Waals surface area contributed by atoms with E-state index in [0.29, 0.717) is 6.04 Å². The highest BCUT2D eigenvalue weighted by Crippen LogP contribution is 2.42. The SMILES string of the molecule is c1cc(CNC2CCOC3(CCC3)C2)on1. The molecule has 1 saturated heterocycles. The van der Waals surface area contributed by atoms with Crippen molar-refractivity contribution in [2.24, 2.45) is 0 Å². The normalized spacial score (nSPS) is 27.9. The van der Waals surface area contributed by atoms with Crippen molar-refractivity contribution in [3.05, 3.63) is 18.0 Å². The van der Waals surface area contributed by atoms with Crippen LogP contribution in [0.15, 0.2) is 16.8 Å². The third kappa shape index (κ3) is 1.99. The molecule has 1 spiro atoms. The summed E-state index contributed by atoms with van der Waals surface area (Å²) < 4.78 is 11.0. The van der Waals surface area contributed by atoms with Crippen LogP contribution in [0.4, 0.5) is 0 Å². The first-order valence-electron chi connectivity index (χ1n) is 6.13. The van der Waals surface area contributed by atoms with Gasteiger partial charge in [0.2, 0.25) is 0 Å². The maximum atomic E-state index is 5.89. The fourth-order valence-electron chi connectivity index (χ4n) is 2.70. The van der Waals surface area contributed by atoms with E-state index in [4.69, 9.17) is 9.26 Å². The Balaban J connectivity index is 1.51. The molecule has 1 aromatic rings. The summed E-state index contributed by atoms with van der Waals surface area (Å²) in [5.74, 6) is 0.911. The van der Waals surface area contributed by atoms with Crippen molar-refractivity contribution in [3.8, 4) is 0 Å². The Morgan fingerprint density at radius 1 is 1.50 bits per heavy atom. The predicted octanol–water partition coefficient (Wildman–Crippen LogP) is 1.87. The lowest BCUT2D eigenvalue weighted by atomic mass is 9.74. The van der Waals surface area contributed by atoms with Crippen molar-refractivity contribution in [1.82, 2.24) is 10.5 Å². The summed E-state index contributed by atoms with van der Waals surface area (Å²) in [4.78, 5) is 0. The molecule has 0 amide bonds. The van der Waals surface area contributed by atoms with E-state index < -0.39 is 0 Å². The van der Waals surface area contributed by atoms with Gasteiger partial charge in [0.25, 0.3) is 0 Å². The third-order valence-electron chi connectivity index (χ3n) is 3.81. The molecule has 0 aromatic carbocycles. The van der Waals surface area contributed by atoms with Gasteiger partial charge in [-0.1, -0.05) is 5.16 Å². The van der Waals surface area contributed by atoms with Gasteiger partial charge in [-0.3, -0.25) is 0 Å². The minimum absolute atomic E-state index is 0.220. The molecule has 1 aliphatic heterocycles. The smallest absolute Gasteiger partial charge is 0.150 e. The summed E-state index contributed by atoms with van der Waals surface area (Å²) in [6.07, 6.45) is 7.77. The molecule has 1 saturated carbocycles. The second-order valence-corrected chi connectivity index (χ2v) is 4.93. The molecule has 0 bridgehead atoms. The van der Waals surface area contributed by atoms with E-state index in [1.165, 1.54) is 19.3 Å². The Labute approximate surface area is 95.3 Å². The second-order valence-electron chi connectivity index (χ2n) is 4.93. The van der Waals surface area contributed by atoms with Gasteiger partial charge < -0.3 is 14.6 Å². The van der Waals surface area contributed by atoms with E-state index >= 15 is 0 Å². The summed E-state index contributed by atoms with van der Waals surface area (Å²) in [6.45, 7) is 1.68. The second kappa shape index (κ2) is 4.18. The molecule has 0 radical (unpaired) electrons. The molecular formula is C12H18N2O2. The molecule has 1 aromatic heterocycles. The molecule has 2 fully saturated rings. The van der Waals surface area contributed by atoms with E-state index in [0.717, 1.165) is 31.8 Å². The van der Waals surface area contributed by atoms with Gasteiger partial charge >= 0.3 is 0 Å². The summed E-state index contributed by atoms with van der Waals surface area (Å²) in [5.41, 5.74) is 0.220. The minimum atomic E-state index is 0.220. The van der Waals surface area contributed by atoms with Gasteiger partial charge in [0, 0.05) is 18.7 Å². The Morgan fingerprint density at radius 3 is 3.12 bits per heavy atom. The zero-order valence-corrected chi connectivity index (χ0v) is 9.45. The largest absolute Gasteiger partial charge is 0.375 e. The number of nitrogens with one attached hydrogen (secondary N) is 1. The quantitative estimate of drug-likeness (QED) is 0.848. The van der Waals surface area contributed by atoms with Crippen LogP contribution in [-0.2, 0) is 11.3 Å². The van der Waals surface area contributed by atoms with Crippen LogP contribution >= 0.6 is 0 Å². The monoisotopic (exact) mass is 222 g/mol. The topological polar surface area (TPSA) is 47.3 Å². The van der Waals surface area contributed by atoms with E-state index in [2.05, 4.69) is 10.5 Å². The van der Waals surface area contributed by atoms with Crippen molar-refractivity contribution >= 4 is 0 Å². The summed E-state index contributed by atoms with van der Waals surface area (Å²) in [7, 11) is 0. The fraction of sp³-hybridized carbons (Fsp3) is 0.750. The molecule has 3 rings (SSSR count). The van der Waals surface area contributed by atoms with Crippen LogP contribution in [0.1, 0.15) is 37.9 Å². The van der Waals surface area contributed by atoms with Crippen LogP contribution in [0, 0.1) is 0 Å². The van der Waals surface area contributed by atoms with Crippen molar-refractivity contribution in [2.45, 2.75) is 50.3 Å². The van der Waals surface area contributed by atoms with E-state index in [1.54, 1.807) is 6.20 Å². The fourth-order valence-corrected chi connectivity index (χ4v) is 2.70. The molecule has 4 heteroatoms. The Hall–Kier alpha value is -0.870. The minimum Gasteiger partial charge on any atom is -0.375 e. The first-order valence-corrected chi connectivity index (χ1v) is 6.13. The lowest BCUT2D eigenvalue weighted by molar-refractivity contribution is -0.135. The molecule has 2 aliphatic rings. The van der Waals surface area contributed by atoms with Crippen molar-refractivity contribution < 1.29 is 9.26 Å². The molecular weight excluding hydrogens is 204 g/mol. The van der Waals surface area contributed by atoms with E-state index in [1.807, 2.05) is 6.07 Å². The Morgan fingerprint density at radius 2 is 2.44 bits per heavy atom. The van der Waals surface area contributed by atoms with Gasteiger partial charge in [-0.05, 0) is 32.1 Å². The van der Waals surface area contributed by atoms with E-state index in [9.17, 15) is 0 Å². The maximum absolute atomic E-state index is 5.89. The molecule has 1 atom stereocenters. The lowest BCUT2D eigenvalue weighted by Gasteiger charge is -2.47. The average Bonchev–Trinajstić information content (AvgIpc) is 2.77. The maximum Gasteiger partial charge on any atom is 0.150 e. The number of ether oxygens (including phenoxy) is 1. The molecule has 16 heavy (non-hydrogen) atoms.